The lowest BCUT2D eigenvalue weighted by atomic mass is 9.84. The highest BCUT2D eigenvalue weighted by molar-refractivity contribution is 4.84. The number of rotatable bonds is 50. The van der Waals surface area contributed by atoms with Crippen molar-refractivity contribution in [3.63, 3.8) is 0 Å². The van der Waals surface area contributed by atoms with E-state index in [0.717, 1.165) is 64.2 Å². The van der Waals surface area contributed by atoms with Crippen LogP contribution in [0.1, 0.15) is 312 Å². The molecule has 0 amide bonds. The fourth-order valence-electron chi connectivity index (χ4n) is 9.02. The molecule has 0 rings (SSSR count). The van der Waals surface area contributed by atoms with Crippen LogP contribution in [0, 0.1) is 0 Å². The lowest BCUT2D eigenvalue weighted by Crippen LogP contribution is -2.39. The first kappa shape index (κ1) is 58.8. The first-order valence-corrected chi connectivity index (χ1v) is 27.1. The van der Waals surface area contributed by atoms with Crippen LogP contribution in [0.5, 0.6) is 0 Å². The van der Waals surface area contributed by atoms with E-state index in [1.807, 2.05) is 0 Å². The van der Waals surface area contributed by atoms with Crippen molar-refractivity contribution >= 4 is 0 Å². The lowest BCUT2D eigenvalue weighted by molar-refractivity contribution is -0.286. The van der Waals surface area contributed by atoms with Crippen LogP contribution in [0.4, 0.5) is 0 Å². The number of hydrogen-bond acceptors (Lipinski definition) is 5. The highest BCUT2D eigenvalue weighted by Crippen LogP contribution is 2.37. The summed E-state index contributed by atoms with van der Waals surface area (Å²) < 4.78 is 34.1. The van der Waals surface area contributed by atoms with Gasteiger partial charge >= 0.3 is 0 Å². The molecule has 2 atom stereocenters. The van der Waals surface area contributed by atoms with Crippen molar-refractivity contribution in [1.29, 1.82) is 0 Å². The number of ether oxygens (including phenoxy) is 5. The molecule has 59 heavy (non-hydrogen) atoms. The summed E-state index contributed by atoms with van der Waals surface area (Å²) in [5.74, 6) is 0. The highest BCUT2D eigenvalue weighted by atomic mass is 16.8. The fraction of sp³-hybridized carbons (Fsp3) is 1.00. The predicted octanol–water partition coefficient (Wildman–Crippen LogP) is 18.9. The minimum absolute atomic E-state index is 0.104. The van der Waals surface area contributed by atoms with Crippen molar-refractivity contribution in [3.05, 3.63) is 0 Å². The Balaban J connectivity index is 6.09. The second-order valence-corrected chi connectivity index (χ2v) is 18.8. The van der Waals surface area contributed by atoms with Crippen molar-refractivity contribution in [2.24, 2.45) is 0 Å². The van der Waals surface area contributed by atoms with Gasteiger partial charge in [-0.25, -0.2) is 0 Å². The van der Waals surface area contributed by atoms with Gasteiger partial charge in [0.15, 0.2) is 26.2 Å². The summed E-state index contributed by atoms with van der Waals surface area (Å²) in [7, 11) is 0. The van der Waals surface area contributed by atoms with Gasteiger partial charge in [0.2, 0.25) is 0 Å². The SMILES string of the molecule is CCCCCCC(OCOCOC(CCCCCC)OC(CCCCCC)(CCCCCC)CCCCCC)OC(CCCCCC)(CCCCCC)CCCCCC. The topological polar surface area (TPSA) is 46.2 Å². The van der Waals surface area contributed by atoms with Gasteiger partial charge in [0.05, 0.1) is 11.2 Å². The van der Waals surface area contributed by atoms with Gasteiger partial charge < -0.3 is 23.7 Å². The summed E-state index contributed by atoms with van der Waals surface area (Å²) in [4.78, 5) is 0. The first-order valence-electron chi connectivity index (χ1n) is 27.1. The van der Waals surface area contributed by atoms with Crippen molar-refractivity contribution in [3.8, 4) is 0 Å². The molecule has 0 heterocycles. The summed E-state index contributed by atoms with van der Waals surface area (Å²) >= 11 is 0. The van der Waals surface area contributed by atoms with E-state index in [-0.39, 0.29) is 37.4 Å². The van der Waals surface area contributed by atoms with Crippen LogP contribution in [0.15, 0.2) is 0 Å². The van der Waals surface area contributed by atoms with Gasteiger partial charge in [0.25, 0.3) is 0 Å². The summed E-state index contributed by atoms with van der Waals surface area (Å²) in [5, 5.41) is 0. The molecule has 0 aliphatic carbocycles. The molecular weight excluding hydrogens is 729 g/mol. The van der Waals surface area contributed by atoms with Crippen molar-refractivity contribution in [2.45, 2.75) is 336 Å². The zero-order valence-corrected chi connectivity index (χ0v) is 41.9. The minimum atomic E-state index is -0.238. The van der Waals surface area contributed by atoms with Crippen molar-refractivity contribution in [2.75, 3.05) is 13.6 Å². The van der Waals surface area contributed by atoms with E-state index in [9.17, 15) is 0 Å². The Labute approximate surface area is 372 Å². The molecule has 0 fully saturated rings. The molecule has 0 aliphatic rings. The van der Waals surface area contributed by atoms with Crippen LogP contribution in [-0.4, -0.2) is 37.4 Å². The van der Waals surface area contributed by atoms with Crippen molar-refractivity contribution < 1.29 is 23.7 Å². The van der Waals surface area contributed by atoms with Crippen LogP contribution < -0.4 is 0 Å². The summed E-state index contributed by atoms with van der Waals surface area (Å²) in [5.41, 5.74) is -0.208. The Morgan fingerprint density at radius 1 is 0.271 bits per heavy atom. The Bertz CT molecular complexity index is 677. The van der Waals surface area contributed by atoms with Gasteiger partial charge in [0, 0.05) is 0 Å². The van der Waals surface area contributed by atoms with Crippen LogP contribution >= 0.6 is 0 Å². The average Bonchev–Trinajstić information content (AvgIpc) is 3.24. The third kappa shape index (κ3) is 34.9. The molecule has 0 aromatic heterocycles. The molecule has 0 saturated heterocycles. The zero-order chi connectivity index (χ0) is 43.4. The molecule has 2 unspecified atom stereocenters. The molecule has 5 heteroatoms. The standard InChI is InChI=1S/C54H110O5/c1-9-17-25-33-41-51(58-53(43-35-27-19-11-3,44-36-28-20-12-4)45-37-29-21-13-5)56-49-55-50-57-52(42-34-26-18-10-2)59-54(46-38-30-22-14-6,47-39-31-23-15-7)48-40-32-24-16-8/h51-52H,9-50H2,1-8H3. The maximum Gasteiger partial charge on any atom is 0.161 e. The Hall–Kier alpha value is -0.200. The van der Waals surface area contributed by atoms with E-state index < -0.39 is 0 Å². The van der Waals surface area contributed by atoms with Gasteiger partial charge in [-0.15, -0.1) is 0 Å². The third-order valence-electron chi connectivity index (χ3n) is 12.9. The second kappa shape index (κ2) is 44.4. The molecule has 0 aromatic carbocycles. The summed E-state index contributed by atoms with van der Waals surface area (Å²) in [6, 6.07) is 0. The smallest absolute Gasteiger partial charge is 0.161 e. The van der Waals surface area contributed by atoms with E-state index in [2.05, 4.69) is 55.4 Å². The van der Waals surface area contributed by atoms with Crippen LogP contribution in [0.2, 0.25) is 0 Å². The molecule has 0 aliphatic heterocycles. The molecule has 5 nitrogen and oxygen atoms in total. The first-order chi connectivity index (χ1) is 28.9. The molecule has 0 saturated carbocycles. The molecule has 356 valence electrons. The van der Waals surface area contributed by atoms with Gasteiger partial charge in [-0.1, -0.05) is 248 Å². The molecule has 0 aromatic rings. The lowest BCUT2D eigenvalue weighted by Gasteiger charge is -2.38. The molecule has 0 bridgehead atoms. The largest absolute Gasteiger partial charge is 0.346 e. The van der Waals surface area contributed by atoms with Gasteiger partial charge in [0.1, 0.15) is 0 Å². The monoisotopic (exact) mass is 839 g/mol. The molecule has 0 N–H and O–H groups in total. The molecular formula is C54H110O5. The van der Waals surface area contributed by atoms with Crippen molar-refractivity contribution in [1.82, 2.24) is 0 Å². The fourth-order valence-corrected chi connectivity index (χ4v) is 9.02. The quantitative estimate of drug-likeness (QED) is 0.0451. The third-order valence-corrected chi connectivity index (χ3v) is 12.9. The highest BCUT2D eigenvalue weighted by Gasteiger charge is 2.35. The van der Waals surface area contributed by atoms with Crippen LogP contribution in [0.25, 0.3) is 0 Å². The Morgan fingerprint density at radius 2 is 0.492 bits per heavy atom. The molecule has 0 spiro atoms. The molecule has 0 radical (unpaired) electrons. The van der Waals surface area contributed by atoms with E-state index in [0.29, 0.717) is 0 Å². The van der Waals surface area contributed by atoms with Gasteiger partial charge in [-0.05, 0) is 64.2 Å². The van der Waals surface area contributed by atoms with E-state index >= 15 is 0 Å². The Morgan fingerprint density at radius 3 is 0.712 bits per heavy atom. The predicted molar refractivity (Wildman–Crippen MR) is 258 cm³/mol. The maximum atomic E-state index is 7.33. The second-order valence-electron chi connectivity index (χ2n) is 18.8. The Kier molecular flexibility index (Phi) is 44.3. The van der Waals surface area contributed by atoms with E-state index in [4.69, 9.17) is 23.7 Å². The number of hydrogen-bond donors (Lipinski definition) is 0. The zero-order valence-electron chi connectivity index (χ0n) is 41.9. The van der Waals surface area contributed by atoms with Crippen LogP contribution in [0.3, 0.4) is 0 Å². The summed E-state index contributed by atoms with van der Waals surface area (Å²) in [6.45, 7) is 18.9. The van der Waals surface area contributed by atoms with E-state index in [1.54, 1.807) is 0 Å². The van der Waals surface area contributed by atoms with Gasteiger partial charge in [-0.3, -0.25) is 0 Å². The van der Waals surface area contributed by atoms with Crippen LogP contribution in [-0.2, 0) is 23.7 Å². The summed E-state index contributed by atoms with van der Waals surface area (Å²) in [6.07, 6.45) is 48.8. The van der Waals surface area contributed by atoms with Gasteiger partial charge in [-0.2, -0.15) is 0 Å². The maximum absolute atomic E-state index is 7.33. The average molecular weight is 839 g/mol. The normalized spacial score (nSPS) is 13.4. The van der Waals surface area contributed by atoms with E-state index in [1.165, 1.54) is 193 Å². The minimum Gasteiger partial charge on any atom is -0.346 e. The number of unbranched alkanes of at least 4 members (excludes halogenated alkanes) is 24.